The van der Waals surface area contributed by atoms with Gasteiger partial charge in [-0.1, -0.05) is 24.3 Å². The molecule has 0 unspecified atom stereocenters. The molecule has 2 aromatic rings. The Morgan fingerprint density at radius 2 is 1.96 bits per heavy atom. The molecule has 0 saturated carbocycles. The first-order valence-corrected chi connectivity index (χ1v) is 10.2. The van der Waals surface area contributed by atoms with Crippen LogP contribution in [-0.4, -0.2) is 38.8 Å². The lowest BCUT2D eigenvalue weighted by molar-refractivity contribution is 0.0963. The lowest BCUT2D eigenvalue weighted by Crippen LogP contribution is -2.38. The minimum absolute atomic E-state index is 0.0648. The molecule has 1 amide bonds. The monoisotopic (exact) mass is 384 g/mol. The fraction of sp³-hybridized carbons (Fsp3) is 0.333. The molecule has 0 radical (unpaired) electrons. The Bertz CT molecular complexity index is 805. The maximum absolute atomic E-state index is 11.7. The normalized spacial score (nSPS) is 11.2. The largest absolute Gasteiger partial charge is 0.356 e. The number of hydrogen-bond donors (Lipinski definition) is 3. The van der Waals surface area contributed by atoms with Crippen LogP contribution in [0.25, 0.3) is 0 Å². The average molecular weight is 385 g/mol. The van der Waals surface area contributed by atoms with Crippen molar-refractivity contribution >= 4 is 23.6 Å². The standard InChI is InChI=1S/C21H28N4OS/c1-15-8-9-18(19(12-15)27-4)14-25-21(23-3)24-11-10-16-6-5-7-17(13-16)20(26)22-2/h5-9,12-13H,10-11,14H2,1-4H3,(H,22,26)(H2,23,24,25). The summed E-state index contributed by atoms with van der Waals surface area (Å²) in [5.74, 6) is 0.704. The molecule has 0 aliphatic heterocycles. The molecule has 5 nitrogen and oxygen atoms in total. The van der Waals surface area contributed by atoms with E-state index in [-0.39, 0.29) is 5.91 Å². The third-order valence-electron chi connectivity index (χ3n) is 4.23. The third kappa shape index (κ3) is 6.32. The summed E-state index contributed by atoms with van der Waals surface area (Å²) in [6.45, 7) is 3.57. The number of rotatable bonds is 7. The van der Waals surface area contributed by atoms with Gasteiger partial charge >= 0.3 is 0 Å². The number of carbonyl (C=O) groups excluding carboxylic acids is 1. The molecule has 6 heteroatoms. The molecule has 3 N–H and O–H groups in total. The summed E-state index contributed by atoms with van der Waals surface area (Å²) in [4.78, 5) is 17.3. The number of amides is 1. The van der Waals surface area contributed by atoms with E-state index in [0.717, 1.165) is 31.0 Å². The zero-order chi connectivity index (χ0) is 19.6. The van der Waals surface area contributed by atoms with Gasteiger partial charge in [0, 0.05) is 37.6 Å². The number of nitrogens with one attached hydrogen (secondary N) is 3. The molecule has 144 valence electrons. The molecule has 0 heterocycles. The Kier molecular flexibility index (Phi) is 8.20. The predicted octanol–water partition coefficient (Wildman–Crippen LogP) is 2.98. The summed E-state index contributed by atoms with van der Waals surface area (Å²) < 4.78 is 0. The number of guanidine groups is 1. The molecule has 0 spiro atoms. The van der Waals surface area contributed by atoms with Crippen LogP contribution in [0.1, 0.15) is 27.0 Å². The van der Waals surface area contributed by atoms with Crippen molar-refractivity contribution in [1.29, 1.82) is 0 Å². The van der Waals surface area contributed by atoms with Crippen molar-refractivity contribution < 1.29 is 4.79 Å². The van der Waals surface area contributed by atoms with Gasteiger partial charge in [-0.2, -0.15) is 0 Å². The van der Waals surface area contributed by atoms with Gasteiger partial charge in [-0.25, -0.2) is 0 Å². The Labute approximate surface area is 166 Å². The van der Waals surface area contributed by atoms with Crippen LogP contribution in [0.4, 0.5) is 0 Å². The molecule has 27 heavy (non-hydrogen) atoms. The Morgan fingerprint density at radius 1 is 1.15 bits per heavy atom. The van der Waals surface area contributed by atoms with Gasteiger partial charge in [0.05, 0.1) is 0 Å². The van der Waals surface area contributed by atoms with Gasteiger partial charge in [0.1, 0.15) is 0 Å². The molecule has 0 atom stereocenters. The number of hydrogen-bond acceptors (Lipinski definition) is 3. The van der Waals surface area contributed by atoms with E-state index in [1.165, 1.54) is 16.0 Å². The highest BCUT2D eigenvalue weighted by molar-refractivity contribution is 7.98. The summed E-state index contributed by atoms with van der Waals surface area (Å²) in [5.41, 5.74) is 4.32. The maximum atomic E-state index is 11.7. The van der Waals surface area contributed by atoms with Gasteiger partial charge in [0.15, 0.2) is 5.96 Å². The topological polar surface area (TPSA) is 65.5 Å². The van der Waals surface area contributed by atoms with Gasteiger partial charge in [-0.05, 0) is 54.5 Å². The van der Waals surface area contributed by atoms with Crippen LogP contribution in [-0.2, 0) is 13.0 Å². The Hall–Kier alpha value is -2.47. The van der Waals surface area contributed by atoms with Crippen molar-refractivity contribution in [3.8, 4) is 0 Å². The average Bonchev–Trinajstić information content (AvgIpc) is 2.70. The summed E-state index contributed by atoms with van der Waals surface area (Å²) in [6.07, 6.45) is 2.91. The molecular formula is C21H28N4OS. The first-order chi connectivity index (χ1) is 13.1. The molecule has 0 saturated heterocycles. The zero-order valence-corrected chi connectivity index (χ0v) is 17.2. The molecular weight excluding hydrogens is 356 g/mol. The highest BCUT2D eigenvalue weighted by Crippen LogP contribution is 2.21. The van der Waals surface area contributed by atoms with E-state index in [1.54, 1.807) is 25.9 Å². The second-order valence-electron chi connectivity index (χ2n) is 6.20. The van der Waals surface area contributed by atoms with Crippen molar-refractivity contribution in [2.75, 3.05) is 26.9 Å². The van der Waals surface area contributed by atoms with Crippen LogP contribution in [0.3, 0.4) is 0 Å². The zero-order valence-electron chi connectivity index (χ0n) is 16.4. The van der Waals surface area contributed by atoms with Crippen LogP contribution >= 0.6 is 11.8 Å². The van der Waals surface area contributed by atoms with E-state index in [0.29, 0.717) is 5.56 Å². The van der Waals surface area contributed by atoms with Crippen LogP contribution in [0.15, 0.2) is 52.4 Å². The third-order valence-corrected chi connectivity index (χ3v) is 5.05. The van der Waals surface area contributed by atoms with E-state index in [9.17, 15) is 4.79 Å². The number of aliphatic imine (C=N–C) groups is 1. The van der Waals surface area contributed by atoms with E-state index in [1.807, 2.05) is 24.3 Å². The van der Waals surface area contributed by atoms with E-state index >= 15 is 0 Å². The van der Waals surface area contributed by atoms with E-state index < -0.39 is 0 Å². The fourth-order valence-corrected chi connectivity index (χ4v) is 3.44. The van der Waals surface area contributed by atoms with Gasteiger partial charge in [-0.3, -0.25) is 9.79 Å². The number of carbonyl (C=O) groups is 1. The molecule has 0 bridgehead atoms. The first-order valence-electron chi connectivity index (χ1n) is 8.96. The van der Waals surface area contributed by atoms with Crippen LogP contribution in [0.2, 0.25) is 0 Å². The predicted molar refractivity (Wildman–Crippen MR) is 115 cm³/mol. The SMILES string of the molecule is CN=C(NCCc1cccc(C(=O)NC)c1)NCc1ccc(C)cc1SC. The number of nitrogens with zero attached hydrogens (tertiary/aromatic N) is 1. The highest BCUT2D eigenvalue weighted by Gasteiger charge is 2.05. The summed E-state index contributed by atoms with van der Waals surface area (Å²) >= 11 is 1.76. The minimum Gasteiger partial charge on any atom is -0.356 e. The molecule has 2 rings (SSSR count). The van der Waals surface area contributed by atoms with E-state index in [4.69, 9.17) is 0 Å². The first kappa shape index (κ1) is 20.8. The number of aryl methyl sites for hydroxylation is 1. The van der Waals surface area contributed by atoms with E-state index in [2.05, 4.69) is 52.3 Å². The van der Waals surface area contributed by atoms with Gasteiger partial charge in [0.2, 0.25) is 0 Å². The highest BCUT2D eigenvalue weighted by atomic mass is 32.2. The molecule has 2 aromatic carbocycles. The maximum Gasteiger partial charge on any atom is 0.251 e. The quantitative estimate of drug-likeness (QED) is 0.390. The lowest BCUT2D eigenvalue weighted by atomic mass is 10.1. The van der Waals surface area contributed by atoms with Crippen molar-refractivity contribution in [2.45, 2.75) is 24.8 Å². The van der Waals surface area contributed by atoms with Crippen molar-refractivity contribution in [2.24, 2.45) is 4.99 Å². The minimum atomic E-state index is -0.0648. The fourth-order valence-electron chi connectivity index (χ4n) is 2.74. The smallest absolute Gasteiger partial charge is 0.251 e. The Morgan fingerprint density at radius 3 is 2.67 bits per heavy atom. The van der Waals surface area contributed by atoms with Gasteiger partial charge < -0.3 is 16.0 Å². The second kappa shape index (κ2) is 10.6. The summed E-state index contributed by atoms with van der Waals surface area (Å²) in [5, 5.41) is 9.35. The van der Waals surface area contributed by atoms with Crippen molar-refractivity contribution in [3.63, 3.8) is 0 Å². The number of thioether (sulfide) groups is 1. The molecule has 0 aliphatic carbocycles. The van der Waals surface area contributed by atoms with Crippen LogP contribution < -0.4 is 16.0 Å². The molecule has 0 aromatic heterocycles. The molecule has 0 aliphatic rings. The van der Waals surface area contributed by atoms with Crippen LogP contribution in [0, 0.1) is 6.92 Å². The molecule has 0 fully saturated rings. The van der Waals surface area contributed by atoms with Gasteiger partial charge in [0.25, 0.3) is 5.91 Å². The summed E-state index contributed by atoms with van der Waals surface area (Å²) in [7, 11) is 3.41. The van der Waals surface area contributed by atoms with Gasteiger partial charge in [-0.15, -0.1) is 11.8 Å². The number of benzene rings is 2. The lowest BCUT2D eigenvalue weighted by Gasteiger charge is -2.14. The van der Waals surface area contributed by atoms with Crippen molar-refractivity contribution in [3.05, 3.63) is 64.7 Å². The van der Waals surface area contributed by atoms with Crippen LogP contribution in [0.5, 0.6) is 0 Å². The van der Waals surface area contributed by atoms with Crippen molar-refractivity contribution in [1.82, 2.24) is 16.0 Å². The second-order valence-corrected chi connectivity index (χ2v) is 7.05. The Balaban J connectivity index is 1.87. The summed E-state index contributed by atoms with van der Waals surface area (Å²) in [6, 6.07) is 14.2.